The number of carbonyl (C=O) groups is 1. The fourth-order valence-electron chi connectivity index (χ4n) is 0.812. The Labute approximate surface area is 88.1 Å². The molecular weight excluding hydrogens is 196 g/mol. The van der Waals surface area contributed by atoms with Gasteiger partial charge in [-0.25, -0.2) is 0 Å². The van der Waals surface area contributed by atoms with Gasteiger partial charge >= 0.3 is 0 Å². The molecule has 0 unspecified atom stereocenters. The first-order valence-corrected chi connectivity index (χ1v) is 4.65. The molecule has 0 saturated heterocycles. The minimum atomic E-state index is -1.02. The second-order valence-corrected chi connectivity index (χ2v) is 4.49. The van der Waals surface area contributed by atoms with E-state index < -0.39 is 11.1 Å². The lowest BCUT2D eigenvalue weighted by Crippen LogP contribution is -2.57. The van der Waals surface area contributed by atoms with Crippen molar-refractivity contribution in [1.29, 1.82) is 0 Å². The molecule has 0 atom stereocenters. The average Bonchev–Trinajstić information content (AvgIpc) is 2.51. The summed E-state index contributed by atoms with van der Waals surface area (Å²) in [5.74, 6) is -0.365. The summed E-state index contributed by atoms with van der Waals surface area (Å²) < 4.78 is 0. The number of hydrogen-bond acceptors (Lipinski definition) is 4. The van der Waals surface area contributed by atoms with Crippen LogP contribution in [0.15, 0.2) is 6.20 Å². The highest BCUT2D eigenvalue weighted by Crippen LogP contribution is 2.20. The molecule has 0 saturated carbocycles. The predicted octanol–water partition coefficient (Wildman–Crippen LogP) is 0.0840. The lowest BCUT2D eigenvalue weighted by molar-refractivity contribution is -0.00302. The number of amides is 1. The molecular formula is C9H16N4O2. The standard InChI is InChI=1S/C9H16N4O2/c1-8(2,9(3,4)15)11-7(14)6-5-10-13-12-6/h5,15H,1-4H3,(H,11,14)(H,10,12,13). The molecule has 0 radical (unpaired) electrons. The average molecular weight is 212 g/mol. The normalized spacial score (nSPS) is 12.6. The summed E-state index contributed by atoms with van der Waals surface area (Å²) in [4.78, 5) is 11.6. The van der Waals surface area contributed by atoms with Crippen LogP contribution < -0.4 is 5.32 Å². The van der Waals surface area contributed by atoms with Crippen molar-refractivity contribution in [3.05, 3.63) is 11.9 Å². The van der Waals surface area contributed by atoms with Crippen LogP contribution in [-0.2, 0) is 0 Å². The van der Waals surface area contributed by atoms with Crippen molar-refractivity contribution >= 4 is 5.91 Å². The van der Waals surface area contributed by atoms with E-state index in [-0.39, 0.29) is 11.6 Å². The first-order valence-electron chi connectivity index (χ1n) is 4.65. The molecule has 1 heterocycles. The molecule has 0 bridgehead atoms. The highest BCUT2D eigenvalue weighted by Gasteiger charge is 2.36. The molecule has 6 nitrogen and oxygen atoms in total. The van der Waals surface area contributed by atoms with Crippen molar-refractivity contribution in [2.24, 2.45) is 0 Å². The van der Waals surface area contributed by atoms with Gasteiger partial charge in [-0.2, -0.15) is 15.4 Å². The minimum absolute atomic E-state index is 0.201. The quantitative estimate of drug-likeness (QED) is 0.662. The fraction of sp³-hybridized carbons (Fsp3) is 0.667. The summed E-state index contributed by atoms with van der Waals surface area (Å²) in [6.07, 6.45) is 1.33. The topological polar surface area (TPSA) is 90.9 Å². The molecule has 0 aliphatic carbocycles. The Kier molecular flexibility index (Phi) is 2.81. The minimum Gasteiger partial charge on any atom is -0.388 e. The van der Waals surface area contributed by atoms with Crippen molar-refractivity contribution in [2.75, 3.05) is 0 Å². The molecule has 3 N–H and O–H groups in total. The van der Waals surface area contributed by atoms with Crippen molar-refractivity contribution in [1.82, 2.24) is 20.7 Å². The summed E-state index contributed by atoms with van der Waals surface area (Å²) >= 11 is 0. The van der Waals surface area contributed by atoms with E-state index in [0.29, 0.717) is 0 Å². The third-order valence-corrected chi connectivity index (χ3v) is 2.60. The van der Waals surface area contributed by atoms with Gasteiger partial charge in [-0.15, -0.1) is 0 Å². The van der Waals surface area contributed by atoms with Gasteiger partial charge in [-0.3, -0.25) is 4.79 Å². The van der Waals surface area contributed by atoms with Gasteiger partial charge in [0.25, 0.3) is 5.91 Å². The molecule has 0 spiro atoms. The van der Waals surface area contributed by atoms with Gasteiger partial charge in [0, 0.05) is 0 Å². The second kappa shape index (κ2) is 3.62. The molecule has 0 aliphatic heterocycles. The zero-order valence-electron chi connectivity index (χ0n) is 9.33. The Bertz CT molecular complexity index is 337. The van der Waals surface area contributed by atoms with E-state index in [4.69, 9.17) is 0 Å². The summed E-state index contributed by atoms with van der Waals surface area (Å²) in [5, 5.41) is 22.1. The molecule has 0 aliphatic rings. The largest absolute Gasteiger partial charge is 0.388 e. The van der Waals surface area contributed by atoms with E-state index in [0.717, 1.165) is 0 Å². The Morgan fingerprint density at radius 3 is 2.47 bits per heavy atom. The van der Waals surface area contributed by atoms with Gasteiger partial charge in [0.1, 0.15) is 0 Å². The van der Waals surface area contributed by atoms with Gasteiger partial charge < -0.3 is 10.4 Å². The predicted molar refractivity (Wildman–Crippen MR) is 54.2 cm³/mol. The van der Waals surface area contributed by atoms with Crippen LogP contribution in [0.3, 0.4) is 0 Å². The van der Waals surface area contributed by atoms with Crippen LogP contribution in [0.2, 0.25) is 0 Å². The number of nitrogens with zero attached hydrogens (tertiary/aromatic N) is 2. The summed E-state index contributed by atoms with van der Waals surface area (Å²) in [5.41, 5.74) is -1.57. The van der Waals surface area contributed by atoms with E-state index in [1.165, 1.54) is 6.20 Å². The fourth-order valence-corrected chi connectivity index (χ4v) is 0.812. The molecule has 1 aromatic rings. The van der Waals surface area contributed by atoms with E-state index in [1.54, 1.807) is 27.7 Å². The van der Waals surface area contributed by atoms with Crippen molar-refractivity contribution < 1.29 is 9.90 Å². The Balaban J connectivity index is 2.75. The van der Waals surface area contributed by atoms with E-state index in [9.17, 15) is 9.90 Å². The van der Waals surface area contributed by atoms with E-state index in [2.05, 4.69) is 20.7 Å². The molecule has 0 fully saturated rings. The van der Waals surface area contributed by atoms with Gasteiger partial charge in [0.15, 0.2) is 5.69 Å². The third kappa shape index (κ3) is 2.53. The number of aliphatic hydroxyl groups is 1. The first kappa shape index (κ1) is 11.6. The smallest absolute Gasteiger partial charge is 0.273 e. The molecule has 6 heteroatoms. The van der Waals surface area contributed by atoms with Crippen molar-refractivity contribution in [3.63, 3.8) is 0 Å². The van der Waals surface area contributed by atoms with Crippen LogP contribution in [-0.4, -0.2) is 37.6 Å². The molecule has 15 heavy (non-hydrogen) atoms. The molecule has 1 aromatic heterocycles. The lowest BCUT2D eigenvalue weighted by atomic mass is 9.86. The number of nitrogens with one attached hydrogen (secondary N) is 2. The zero-order chi connectivity index (χ0) is 11.7. The number of aromatic nitrogens is 3. The van der Waals surface area contributed by atoms with Gasteiger partial charge in [-0.1, -0.05) is 0 Å². The Morgan fingerprint density at radius 2 is 2.07 bits per heavy atom. The molecule has 84 valence electrons. The monoisotopic (exact) mass is 212 g/mol. The number of H-pyrrole nitrogens is 1. The highest BCUT2D eigenvalue weighted by molar-refractivity contribution is 5.92. The molecule has 1 amide bonds. The Morgan fingerprint density at radius 1 is 1.47 bits per heavy atom. The number of hydrogen-bond donors (Lipinski definition) is 3. The third-order valence-electron chi connectivity index (χ3n) is 2.60. The molecule has 0 aromatic carbocycles. The van der Waals surface area contributed by atoms with Gasteiger partial charge in [-0.05, 0) is 27.7 Å². The second-order valence-electron chi connectivity index (χ2n) is 4.49. The SMILES string of the molecule is CC(C)(O)C(C)(C)NC(=O)c1cn[nH]n1. The number of aromatic amines is 1. The first-order chi connectivity index (χ1) is 6.74. The maximum atomic E-state index is 11.6. The molecule has 1 rings (SSSR count). The van der Waals surface area contributed by atoms with Gasteiger partial charge in [0.2, 0.25) is 0 Å². The van der Waals surface area contributed by atoms with Crippen LogP contribution in [0.25, 0.3) is 0 Å². The lowest BCUT2D eigenvalue weighted by Gasteiger charge is -2.37. The van der Waals surface area contributed by atoms with E-state index >= 15 is 0 Å². The summed E-state index contributed by atoms with van der Waals surface area (Å²) in [6.45, 7) is 6.75. The highest BCUT2D eigenvalue weighted by atomic mass is 16.3. The van der Waals surface area contributed by atoms with E-state index in [1.807, 2.05) is 0 Å². The van der Waals surface area contributed by atoms with Crippen LogP contribution >= 0.6 is 0 Å². The van der Waals surface area contributed by atoms with Crippen LogP contribution in [0.4, 0.5) is 0 Å². The zero-order valence-corrected chi connectivity index (χ0v) is 9.33. The summed E-state index contributed by atoms with van der Waals surface area (Å²) in [6, 6.07) is 0. The number of carbonyl (C=O) groups excluding carboxylic acids is 1. The maximum Gasteiger partial charge on any atom is 0.273 e. The summed E-state index contributed by atoms with van der Waals surface area (Å²) in [7, 11) is 0. The maximum absolute atomic E-state index is 11.6. The Hall–Kier alpha value is -1.43. The van der Waals surface area contributed by atoms with Gasteiger partial charge in [0.05, 0.1) is 17.3 Å². The van der Waals surface area contributed by atoms with Crippen LogP contribution in [0.1, 0.15) is 38.2 Å². The van der Waals surface area contributed by atoms with Crippen molar-refractivity contribution in [2.45, 2.75) is 38.8 Å². The van der Waals surface area contributed by atoms with Crippen LogP contribution in [0.5, 0.6) is 0 Å². The number of rotatable bonds is 3. The van der Waals surface area contributed by atoms with Crippen molar-refractivity contribution in [3.8, 4) is 0 Å². The van der Waals surface area contributed by atoms with Crippen LogP contribution in [0, 0.1) is 0 Å².